The van der Waals surface area contributed by atoms with Gasteiger partial charge in [-0.15, -0.1) is 11.3 Å². The Labute approximate surface area is 102 Å². The molecular formula is C12H22N2OS. The van der Waals surface area contributed by atoms with Crippen LogP contribution in [0.5, 0.6) is 0 Å². The van der Waals surface area contributed by atoms with Crippen molar-refractivity contribution < 1.29 is 5.11 Å². The van der Waals surface area contributed by atoms with Crippen LogP contribution in [0.25, 0.3) is 0 Å². The van der Waals surface area contributed by atoms with Crippen LogP contribution in [0.2, 0.25) is 0 Å². The van der Waals surface area contributed by atoms with Crippen LogP contribution >= 0.6 is 11.3 Å². The lowest BCUT2D eigenvalue weighted by Gasteiger charge is -2.24. The Morgan fingerprint density at radius 3 is 2.81 bits per heavy atom. The van der Waals surface area contributed by atoms with Gasteiger partial charge in [-0.3, -0.25) is 0 Å². The van der Waals surface area contributed by atoms with E-state index in [9.17, 15) is 0 Å². The van der Waals surface area contributed by atoms with Crippen molar-refractivity contribution in [3.63, 3.8) is 0 Å². The minimum absolute atomic E-state index is 0.231. The maximum absolute atomic E-state index is 8.81. The third-order valence-electron chi connectivity index (χ3n) is 2.68. The molecule has 0 spiro atoms. The van der Waals surface area contributed by atoms with E-state index in [0.717, 1.165) is 31.6 Å². The Morgan fingerprint density at radius 2 is 2.25 bits per heavy atom. The van der Waals surface area contributed by atoms with E-state index in [1.54, 1.807) is 11.3 Å². The van der Waals surface area contributed by atoms with E-state index in [1.165, 1.54) is 4.88 Å². The monoisotopic (exact) mass is 242 g/mol. The fourth-order valence-electron chi connectivity index (χ4n) is 1.65. The molecule has 4 heteroatoms. The molecule has 0 saturated carbocycles. The molecule has 0 bridgehead atoms. The van der Waals surface area contributed by atoms with E-state index in [0.29, 0.717) is 0 Å². The van der Waals surface area contributed by atoms with Crippen LogP contribution in [0.1, 0.15) is 31.6 Å². The number of thiophene rings is 1. The van der Waals surface area contributed by atoms with Gasteiger partial charge in [-0.05, 0) is 29.7 Å². The molecule has 1 rings (SSSR count). The molecule has 0 saturated heterocycles. The first-order chi connectivity index (χ1) is 7.55. The van der Waals surface area contributed by atoms with Crippen molar-refractivity contribution in [3.8, 4) is 0 Å². The second kappa shape index (κ2) is 6.23. The summed E-state index contributed by atoms with van der Waals surface area (Å²) in [6.45, 7) is 6.50. The highest BCUT2D eigenvalue weighted by molar-refractivity contribution is 7.10. The highest BCUT2D eigenvalue weighted by atomic mass is 32.1. The molecular weight excluding hydrogens is 220 g/mol. The van der Waals surface area contributed by atoms with Crippen LogP contribution in [0, 0.1) is 5.41 Å². The van der Waals surface area contributed by atoms with Gasteiger partial charge in [0.1, 0.15) is 0 Å². The van der Waals surface area contributed by atoms with E-state index in [4.69, 9.17) is 10.8 Å². The molecule has 1 aromatic heterocycles. The number of hydrogen-bond acceptors (Lipinski definition) is 4. The molecule has 0 aliphatic carbocycles. The van der Waals surface area contributed by atoms with E-state index in [-0.39, 0.29) is 12.0 Å². The van der Waals surface area contributed by atoms with Gasteiger partial charge in [-0.25, -0.2) is 0 Å². The van der Waals surface area contributed by atoms with Gasteiger partial charge in [0.25, 0.3) is 0 Å². The topological polar surface area (TPSA) is 58.3 Å². The highest BCUT2D eigenvalue weighted by Gasteiger charge is 2.16. The summed E-state index contributed by atoms with van der Waals surface area (Å²) in [5.74, 6) is 0. The molecule has 0 unspecified atom stereocenters. The molecule has 3 nitrogen and oxygen atoms in total. The number of anilines is 1. The SMILES string of the molecule is CC(C)(CCCO)CNCc1sccc1N. The normalized spacial score (nSPS) is 11.9. The van der Waals surface area contributed by atoms with Crippen LogP contribution in [0.4, 0.5) is 5.69 Å². The first-order valence-corrected chi connectivity index (χ1v) is 6.56. The first-order valence-electron chi connectivity index (χ1n) is 5.68. The Morgan fingerprint density at radius 1 is 1.50 bits per heavy atom. The van der Waals surface area contributed by atoms with Gasteiger partial charge in [0.2, 0.25) is 0 Å². The highest BCUT2D eigenvalue weighted by Crippen LogP contribution is 2.22. The second-order valence-corrected chi connectivity index (χ2v) is 5.89. The number of nitrogen functional groups attached to an aromatic ring is 1. The molecule has 0 amide bonds. The van der Waals surface area contributed by atoms with E-state index in [2.05, 4.69) is 19.2 Å². The number of nitrogens with one attached hydrogen (secondary N) is 1. The average Bonchev–Trinajstić information content (AvgIpc) is 2.62. The molecule has 0 aliphatic rings. The summed E-state index contributed by atoms with van der Waals surface area (Å²) in [4.78, 5) is 1.21. The molecule has 0 atom stereocenters. The van der Waals surface area contributed by atoms with Crippen LogP contribution in [0.15, 0.2) is 11.4 Å². The van der Waals surface area contributed by atoms with Crippen molar-refractivity contribution in [1.82, 2.24) is 5.32 Å². The summed E-state index contributed by atoms with van der Waals surface area (Å²) in [6.07, 6.45) is 1.91. The van der Waals surface area contributed by atoms with E-state index >= 15 is 0 Å². The fraction of sp³-hybridized carbons (Fsp3) is 0.667. The molecule has 1 heterocycles. The third-order valence-corrected chi connectivity index (χ3v) is 3.62. The Hall–Kier alpha value is -0.580. The summed E-state index contributed by atoms with van der Waals surface area (Å²) in [5.41, 5.74) is 6.92. The van der Waals surface area contributed by atoms with Gasteiger partial charge in [-0.1, -0.05) is 13.8 Å². The molecule has 0 aromatic carbocycles. The largest absolute Gasteiger partial charge is 0.398 e. The van der Waals surface area contributed by atoms with E-state index < -0.39 is 0 Å². The van der Waals surface area contributed by atoms with Crippen molar-refractivity contribution in [2.45, 2.75) is 33.2 Å². The summed E-state index contributed by atoms with van der Waals surface area (Å²) in [7, 11) is 0. The zero-order chi connectivity index (χ0) is 12.0. The average molecular weight is 242 g/mol. The van der Waals surface area contributed by atoms with Crippen LogP contribution in [-0.4, -0.2) is 18.3 Å². The lowest BCUT2D eigenvalue weighted by atomic mass is 9.88. The predicted molar refractivity (Wildman–Crippen MR) is 70.5 cm³/mol. The van der Waals surface area contributed by atoms with Gasteiger partial charge in [0.15, 0.2) is 0 Å². The quantitative estimate of drug-likeness (QED) is 0.687. The predicted octanol–water partition coefficient (Wildman–Crippen LogP) is 2.22. The summed E-state index contributed by atoms with van der Waals surface area (Å²) in [6, 6.07) is 1.94. The summed E-state index contributed by atoms with van der Waals surface area (Å²) in [5, 5.41) is 14.3. The summed E-state index contributed by atoms with van der Waals surface area (Å²) < 4.78 is 0. The number of nitrogens with two attached hydrogens (primary N) is 1. The van der Waals surface area contributed by atoms with Crippen molar-refractivity contribution in [2.75, 3.05) is 18.9 Å². The van der Waals surface area contributed by atoms with Crippen LogP contribution in [-0.2, 0) is 6.54 Å². The zero-order valence-corrected chi connectivity index (χ0v) is 10.9. The van der Waals surface area contributed by atoms with Crippen molar-refractivity contribution >= 4 is 17.0 Å². The fourth-order valence-corrected chi connectivity index (χ4v) is 2.42. The van der Waals surface area contributed by atoms with Crippen molar-refractivity contribution in [1.29, 1.82) is 0 Å². The molecule has 92 valence electrons. The smallest absolute Gasteiger partial charge is 0.0468 e. The van der Waals surface area contributed by atoms with Gasteiger partial charge < -0.3 is 16.2 Å². The lowest BCUT2D eigenvalue weighted by molar-refractivity contribution is 0.236. The Balaban J connectivity index is 2.27. The number of aliphatic hydroxyl groups is 1. The maximum Gasteiger partial charge on any atom is 0.0468 e. The van der Waals surface area contributed by atoms with Crippen molar-refractivity contribution in [2.24, 2.45) is 5.41 Å². The van der Waals surface area contributed by atoms with Crippen LogP contribution in [0.3, 0.4) is 0 Å². The number of rotatable bonds is 7. The zero-order valence-electron chi connectivity index (χ0n) is 10.1. The number of hydrogen-bond donors (Lipinski definition) is 3. The van der Waals surface area contributed by atoms with Crippen LogP contribution < -0.4 is 11.1 Å². The minimum atomic E-state index is 0.231. The molecule has 0 fully saturated rings. The van der Waals surface area contributed by atoms with Gasteiger partial charge in [-0.2, -0.15) is 0 Å². The Bertz CT molecular complexity index is 310. The molecule has 0 aliphatic heterocycles. The molecule has 1 aromatic rings. The first kappa shape index (κ1) is 13.5. The molecule has 0 radical (unpaired) electrons. The van der Waals surface area contributed by atoms with Gasteiger partial charge >= 0.3 is 0 Å². The number of aliphatic hydroxyl groups excluding tert-OH is 1. The standard InChI is InChI=1S/C12H22N2OS/c1-12(2,5-3-6-15)9-14-8-11-10(13)4-7-16-11/h4,7,14-15H,3,5-6,8-9,13H2,1-2H3. The third kappa shape index (κ3) is 4.51. The molecule has 4 N–H and O–H groups in total. The lowest BCUT2D eigenvalue weighted by Crippen LogP contribution is -2.29. The van der Waals surface area contributed by atoms with Crippen molar-refractivity contribution in [3.05, 3.63) is 16.3 Å². The Kier molecular flexibility index (Phi) is 5.25. The van der Waals surface area contributed by atoms with Gasteiger partial charge in [0.05, 0.1) is 0 Å². The summed E-state index contributed by atoms with van der Waals surface area (Å²) >= 11 is 1.69. The second-order valence-electron chi connectivity index (χ2n) is 4.89. The minimum Gasteiger partial charge on any atom is -0.398 e. The van der Waals surface area contributed by atoms with Gasteiger partial charge in [0, 0.05) is 30.3 Å². The maximum atomic E-state index is 8.81. The molecule has 16 heavy (non-hydrogen) atoms. The van der Waals surface area contributed by atoms with E-state index in [1.807, 2.05) is 11.4 Å².